The molecule has 0 saturated heterocycles. The standard InChI is InChI=1S/C24H17ClF3N3O2/c25-20-12-16(6-9-22(20)32)23(33)30-29-13-17-2-1-3-21-19(17)10-11-31(21)14-15-4-7-18(8-5-15)24(26,27)28/h1-13,32H,14H2,(H,30,33)/b29-13+. The summed E-state index contributed by atoms with van der Waals surface area (Å²) in [6.45, 7) is 0.403. The van der Waals surface area contributed by atoms with Gasteiger partial charge in [-0.25, -0.2) is 5.43 Å². The Morgan fingerprint density at radius 2 is 1.85 bits per heavy atom. The van der Waals surface area contributed by atoms with E-state index in [1.54, 1.807) is 0 Å². The number of phenols is 1. The lowest BCUT2D eigenvalue weighted by atomic mass is 10.1. The zero-order valence-corrected chi connectivity index (χ0v) is 17.7. The minimum Gasteiger partial charge on any atom is -0.506 e. The van der Waals surface area contributed by atoms with Gasteiger partial charge in [-0.2, -0.15) is 18.3 Å². The van der Waals surface area contributed by atoms with Gasteiger partial charge >= 0.3 is 6.18 Å². The average Bonchev–Trinajstić information content (AvgIpc) is 3.19. The Hall–Kier alpha value is -3.78. The Bertz CT molecular complexity index is 1350. The second-order valence-electron chi connectivity index (χ2n) is 7.28. The molecule has 0 unspecified atom stereocenters. The topological polar surface area (TPSA) is 66.6 Å². The fraction of sp³-hybridized carbons (Fsp3) is 0.0833. The molecule has 0 radical (unpaired) electrons. The maximum atomic E-state index is 12.8. The monoisotopic (exact) mass is 471 g/mol. The van der Waals surface area contributed by atoms with E-state index in [4.69, 9.17) is 11.6 Å². The van der Waals surface area contributed by atoms with Crippen LogP contribution in [0.2, 0.25) is 5.02 Å². The highest BCUT2D eigenvalue weighted by Crippen LogP contribution is 2.29. The van der Waals surface area contributed by atoms with Gasteiger partial charge in [-0.3, -0.25) is 4.79 Å². The summed E-state index contributed by atoms with van der Waals surface area (Å²) in [5, 5.41) is 14.4. The first-order chi connectivity index (χ1) is 15.7. The summed E-state index contributed by atoms with van der Waals surface area (Å²) in [6.07, 6.45) is -1.02. The van der Waals surface area contributed by atoms with E-state index >= 15 is 0 Å². The van der Waals surface area contributed by atoms with Crippen LogP contribution in [0.15, 0.2) is 78.0 Å². The number of aromatic nitrogens is 1. The number of phenolic OH excluding ortho intramolecular Hbond substituents is 1. The predicted octanol–water partition coefficient (Wildman–Crippen LogP) is 5.83. The highest BCUT2D eigenvalue weighted by molar-refractivity contribution is 6.32. The van der Waals surface area contributed by atoms with E-state index in [-0.39, 0.29) is 16.3 Å². The number of hydrogen-bond donors (Lipinski definition) is 2. The summed E-state index contributed by atoms with van der Waals surface area (Å²) in [5.74, 6) is -0.607. The second-order valence-corrected chi connectivity index (χ2v) is 7.69. The number of carbonyl (C=O) groups is 1. The maximum Gasteiger partial charge on any atom is 0.416 e. The van der Waals surface area contributed by atoms with Crippen molar-refractivity contribution >= 4 is 34.6 Å². The lowest BCUT2D eigenvalue weighted by Crippen LogP contribution is -2.17. The van der Waals surface area contributed by atoms with Gasteiger partial charge in [0.2, 0.25) is 0 Å². The smallest absolute Gasteiger partial charge is 0.416 e. The number of rotatable bonds is 5. The molecule has 0 aliphatic heterocycles. The minimum absolute atomic E-state index is 0.0609. The molecule has 0 aliphatic rings. The molecule has 0 spiro atoms. The molecule has 5 nitrogen and oxygen atoms in total. The van der Waals surface area contributed by atoms with E-state index in [1.165, 1.54) is 36.5 Å². The summed E-state index contributed by atoms with van der Waals surface area (Å²) >= 11 is 5.82. The first kappa shape index (κ1) is 22.4. The van der Waals surface area contributed by atoms with Gasteiger partial charge < -0.3 is 9.67 Å². The summed E-state index contributed by atoms with van der Waals surface area (Å²) < 4.78 is 40.2. The van der Waals surface area contributed by atoms with E-state index in [2.05, 4.69) is 10.5 Å². The molecule has 4 rings (SSSR count). The van der Waals surface area contributed by atoms with E-state index in [0.717, 1.165) is 34.2 Å². The molecule has 1 aromatic heterocycles. The van der Waals surface area contributed by atoms with Crippen molar-refractivity contribution in [1.29, 1.82) is 0 Å². The number of nitrogens with zero attached hydrogens (tertiary/aromatic N) is 2. The van der Waals surface area contributed by atoms with Crippen molar-refractivity contribution in [2.75, 3.05) is 0 Å². The van der Waals surface area contributed by atoms with Crippen LogP contribution in [-0.4, -0.2) is 21.8 Å². The number of hydrazone groups is 1. The molecular weight excluding hydrogens is 455 g/mol. The normalized spacial score (nSPS) is 11.9. The van der Waals surface area contributed by atoms with Crippen LogP contribution in [0, 0.1) is 0 Å². The number of hydrogen-bond acceptors (Lipinski definition) is 3. The van der Waals surface area contributed by atoms with Crippen molar-refractivity contribution in [3.63, 3.8) is 0 Å². The summed E-state index contributed by atoms with van der Waals surface area (Å²) in [4.78, 5) is 12.2. The third kappa shape index (κ3) is 5.01. The van der Waals surface area contributed by atoms with Crippen LogP contribution in [0.25, 0.3) is 10.9 Å². The van der Waals surface area contributed by atoms with Crippen molar-refractivity contribution in [2.45, 2.75) is 12.7 Å². The van der Waals surface area contributed by atoms with E-state index in [1.807, 2.05) is 35.0 Å². The molecule has 33 heavy (non-hydrogen) atoms. The summed E-state index contributed by atoms with van der Waals surface area (Å²) in [7, 11) is 0. The third-order valence-electron chi connectivity index (χ3n) is 5.06. The molecule has 1 amide bonds. The number of amides is 1. The van der Waals surface area contributed by atoms with Crippen LogP contribution in [0.5, 0.6) is 5.75 Å². The Morgan fingerprint density at radius 3 is 2.55 bits per heavy atom. The Balaban J connectivity index is 1.50. The third-order valence-corrected chi connectivity index (χ3v) is 5.36. The molecule has 2 N–H and O–H groups in total. The van der Waals surface area contributed by atoms with Crippen molar-refractivity contribution in [3.05, 3.63) is 100 Å². The lowest BCUT2D eigenvalue weighted by Gasteiger charge is -2.09. The number of fused-ring (bicyclic) bond motifs is 1. The van der Waals surface area contributed by atoms with Crippen molar-refractivity contribution < 1.29 is 23.1 Å². The molecular formula is C24H17ClF3N3O2. The van der Waals surface area contributed by atoms with Gasteiger partial charge in [0.25, 0.3) is 5.91 Å². The Kier molecular flexibility index (Phi) is 6.11. The van der Waals surface area contributed by atoms with Crippen LogP contribution < -0.4 is 5.43 Å². The molecule has 0 fully saturated rings. The van der Waals surface area contributed by atoms with E-state index in [9.17, 15) is 23.1 Å². The van der Waals surface area contributed by atoms with Gasteiger partial charge in [-0.1, -0.05) is 35.9 Å². The van der Waals surface area contributed by atoms with Gasteiger partial charge in [0, 0.05) is 34.8 Å². The van der Waals surface area contributed by atoms with E-state index < -0.39 is 17.6 Å². The zero-order valence-electron chi connectivity index (χ0n) is 17.0. The molecule has 1 heterocycles. The molecule has 0 aliphatic carbocycles. The van der Waals surface area contributed by atoms with Gasteiger partial charge in [0.15, 0.2) is 0 Å². The number of halogens is 4. The summed E-state index contributed by atoms with van der Waals surface area (Å²) in [6, 6.07) is 16.6. The van der Waals surface area contributed by atoms with Crippen LogP contribution in [0.1, 0.15) is 27.0 Å². The minimum atomic E-state index is -4.36. The van der Waals surface area contributed by atoms with Gasteiger partial charge in [0.05, 0.1) is 16.8 Å². The largest absolute Gasteiger partial charge is 0.506 e. The van der Waals surface area contributed by atoms with Crippen molar-refractivity contribution in [2.24, 2.45) is 5.10 Å². The fourth-order valence-corrected chi connectivity index (χ4v) is 3.55. The molecule has 4 aromatic rings. The quantitative estimate of drug-likeness (QED) is 0.284. The highest BCUT2D eigenvalue weighted by Gasteiger charge is 2.29. The number of alkyl halides is 3. The first-order valence-corrected chi connectivity index (χ1v) is 10.2. The fourth-order valence-electron chi connectivity index (χ4n) is 3.37. The maximum absolute atomic E-state index is 12.8. The lowest BCUT2D eigenvalue weighted by molar-refractivity contribution is -0.137. The predicted molar refractivity (Wildman–Crippen MR) is 121 cm³/mol. The van der Waals surface area contributed by atoms with Gasteiger partial charge in [0.1, 0.15) is 5.75 Å². The van der Waals surface area contributed by atoms with Crippen molar-refractivity contribution in [1.82, 2.24) is 9.99 Å². The Labute approximate surface area is 191 Å². The van der Waals surface area contributed by atoms with Crippen LogP contribution in [0.4, 0.5) is 13.2 Å². The zero-order chi connectivity index (χ0) is 23.6. The molecule has 0 bridgehead atoms. The number of carbonyl (C=O) groups excluding carboxylic acids is 1. The van der Waals surface area contributed by atoms with Crippen molar-refractivity contribution in [3.8, 4) is 5.75 Å². The van der Waals surface area contributed by atoms with Gasteiger partial charge in [-0.05, 0) is 48.0 Å². The number of nitrogens with one attached hydrogen (secondary N) is 1. The second kappa shape index (κ2) is 8.99. The highest BCUT2D eigenvalue weighted by atomic mass is 35.5. The molecule has 0 atom stereocenters. The Morgan fingerprint density at radius 1 is 1.09 bits per heavy atom. The van der Waals surface area contributed by atoms with E-state index in [0.29, 0.717) is 6.54 Å². The van der Waals surface area contributed by atoms with Gasteiger partial charge in [-0.15, -0.1) is 0 Å². The van der Waals surface area contributed by atoms with Crippen LogP contribution in [-0.2, 0) is 12.7 Å². The molecule has 168 valence electrons. The summed E-state index contributed by atoms with van der Waals surface area (Å²) in [5.41, 5.74) is 4.34. The number of aromatic hydroxyl groups is 1. The van der Waals surface area contributed by atoms with Crippen LogP contribution >= 0.6 is 11.6 Å². The van der Waals surface area contributed by atoms with Crippen LogP contribution in [0.3, 0.4) is 0 Å². The molecule has 3 aromatic carbocycles. The SMILES string of the molecule is O=C(N/N=C/c1cccc2c1ccn2Cc1ccc(C(F)(F)F)cc1)c1ccc(O)c(Cl)c1. The molecule has 0 saturated carbocycles. The first-order valence-electron chi connectivity index (χ1n) is 9.78. The number of benzene rings is 3. The molecule has 9 heteroatoms. The average molecular weight is 472 g/mol.